The maximum atomic E-state index is 13.5. The number of nitrogens with two attached hydrogens (primary N) is 1. The third-order valence-corrected chi connectivity index (χ3v) is 7.96. The summed E-state index contributed by atoms with van der Waals surface area (Å²) < 4.78 is 0. The molecule has 1 aliphatic rings. The fourth-order valence-corrected chi connectivity index (χ4v) is 5.36. The van der Waals surface area contributed by atoms with Crippen molar-refractivity contribution >= 4 is 11.8 Å². The summed E-state index contributed by atoms with van der Waals surface area (Å²) >= 11 is 0. The molecule has 6 nitrogen and oxygen atoms in total. The van der Waals surface area contributed by atoms with Gasteiger partial charge < -0.3 is 10.6 Å². The smallest absolute Gasteiger partial charge is 0.259 e. The molecule has 0 saturated heterocycles. The number of rotatable bonds is 13. The first-order valence-electron chi connectivity index (χ1n) is 14.8. The van der Waals surface area contributed by atoms with Crippen molar-refractivity contribution in [2.45, 2.75) is 57.2 Å². The molecule has 0 bridgehead atoms. The lowest BCUT2D eigenvalue weighted by Crippen LogP contribution is -2.51. The Balaban J connectivity index is 1.17. The quantitative estimate of drug-likeness (QED) is 0.0813. The van der Waals surface area contributed by atoms with Gasteiger partial charge in [0.15, 0.2) is 0 Å². The second-order valence-corrected chi connectivity index (χ2v) is 11.2. The van der Waals surface area contributed by atoms with Gasteiger partial charge in [-0.25, -0.2) is 5.84 Å². The van der Waals surface area contributed by atoms with Crippen LogP contribution in [0.25, 0.3) is 11.1 Å². The average Bonchev–Trinajstić information content (AvgIpc) is 3.81. The predicted molar refractivity (Wildman–Crippen MR) is 168 cm³/mol. The molecule has 1 saturated carbocycles. The molecule has 4 aromatic rings. The summed E-state index contributed by atoms with van der Waals surface area (Å²) in [5.41, 5.74) is 6.10. The van der Waals surface area contributed by atoms with Crippen LogP contribution < -0.4 is 16.5 Å². The van der Waals surface area contributed by atoms with Gasteiger partial charge in [0.05, 0.1) is 6.54 Å². The van der Waals surface area contributed by atoms with E-state index in [1.165, 1.54) is 10.6 Å². The lowest BCUT2D eigenvalue weighted by Gasteiger charge is -2.24. The Bertz CT molecular complexity index is 1440. The lowest BCUT2D eigenvalue weighted by atomic mass is 10.0. The van der Waals surface area contributed by atoms with Crippen LogP contribution in [-0.4, -0.2) is 35.5 Å². The van der Waals surface area contributed by atoms with E-state index in [0.29, 0.717) is 23.9 Å². The monoisotopic (exact) mass is 560 g/mol. The van der Waals surface area contributed by atoms with E-state index in [1.54, 1.807) is 12.1 Å². The van der Waals surface area contributed by atoms with Crippen LogP contribution in [0.3, 0.4) is 0 Å². The number of carbonyl (C=O) groups excluding carboxylic acids is 2. The number of carbonyl (C=O) groups is 2. The summed E-state index contributed by atoms with van der Waals surface area (Å²) in [6.45, 7) is 3.17. The van der Waals surface area contributed by atoms with E-state index in [9.17, 15) is 9.59 Å². The van der Waals surface area contributed by atoms with Gasteiger partial charge in [0.2, 0.25) is 0 Å². The van der Waals surface area contributed by atoms with E-state index in [1.807, 2.05) is 79.7 Å². The summed E-state index contributed by atoms with van der Waals surface area (Å²) in [7, 11) is 0. The van der Waals surface area contributed by atoms with Crippen molar-refractivity contribution in [1.29, 1.82) is 0 Å². The van der Waals surface area contributed by atoms with Gasteiger partial charge in [0.1, 0.15) is 6.04 Å². The minimum atomic E-state index is -0.709. The van der Waals surface area contributed by atoms with Crippen LogP contribution in [-0.2, 0) is 11.3 Å². The van der Waals surface area contributed by atoms with Gasteiger partial charge in [-0.3, -0.25) is 14.6 Å². The van der Waals surface area contributed by atoms with E-state index in [-0.39, 0.29) is 18.4 Å². The van der Waals surface area contributed by atoms with Crippen molar-refractivity contribution in [1.82, 2.24) is 15.6 Å². The molecule has 0 spiro atoms. The number of hydrogen-bond donors (Lipinski definition) is 3. The Labute approximate surface area is 248 Å². The van der Waals surface area contributed by atoms with E-state index in [4.69, 9.17) is 5.84 Å². The lowest BCUT2D eigenvalue weighted by molar-refractivity contribution is -0.134. The molecule has 216 valence electrons. The Morgan fingerprint density at radius 1 is 0.833 bits per heavy atom. The number of aryl methyl sites for hydroxylation is 1. The summed E-state index contributed by atoms with van der Waals surface area (Å²) in [4.78, 5) is 26.7. The average molecular weight is 561 g/mol. The molecule has 5 rings (SSSR count). The molecule has 1 fully saturated rings. The van der Waals surface area contributed by atoms with Gasteiger partial charge >= 0.3 is 0 Å². The molecule has 2 amide bonds. The fourth-order valence-electron chi connectivity index (χ4n) is 5.36. The first-order valence-corrected chi connectivity index (χ1v) is 14.8. The van der Waals surface area contributed by atoms with Crippen LogP contribution in [0.1, 0.15) is 58.6 Å². The maximum absolute atomic E-state index is 13.5. The Kier molecular flexibility index (Phi) is 9.80. The highest BCUT2D eigenvalue weighted by Crippen LogP contribution is 2.40. The van der Waals surface area contributed by atoms with Crippen LogP contribution >= 0.6 is 0 Å². The van der Waals surface area contributed by atoms with E-state index < -0.39 is 6.04 Å². The summed E-state index contributed by atoms with van der Waals surface area (Å²) in [6, 6.07) is 35.8. The summed E-state index contributed by atoms with van der Waals surface area (Å²) in [6.07, 6.45) is 3.37. The van der Waals surface area contributed by atoms with Crippen LogP contribution in [0.4, 0.5) is 0 Å². The Morgan fingerprint density at radius 2 is 1.48 bits per heavy atom. The van der Waals surface area contributed by atoms with E-state index in [2.05, 4.69) is 34.9 Å². The molecular weight excluding hydrogens is 520 g/mol. The number of hydrazine groups is 1. The zero-order valence-corrected chi connectivity index (χ0v) is 24.2. The minimum absolute atomic E-state index is 0.279. The molecule has 1 aliphatic carbocycles. The number of nitrogens with one attached hydrogen (secondary N) is 2. The molecule has 4 aromatic carbocycles. The molecular formula is C36H40N4O2. The first-order chi connectivity index (χ1) is 20.5. The summed E-state index contributed by atoms with van der Waals surface area (Å²) in [5.74, 6) is 6.27. The van der Waals surface area contributed by atoms with Gasteiger partial charge in [-0.2, -0.15) is 0 Å². The third-order valence-electron chi connectivity index (χ3n) is 7.96. The standard InChI is InChI=1S/C36H40N4O2/c1-26-15-17-27(18-16-26)25-40(37)36(42)33(14-8-9-23-38-34-24-32(34)30-12-6-3-7-13-30)39-35(41)31-21-19-29(20-22-31)28-10-4-2-5-11-28/h2-7,10-13,15-22,32-34,38H,8-9,14,23-25,37H2,1H3,(H,39,41)/t32?,33-,34?/m0/s1. The van der Waals surface area contributed by atoms with Crippen molar-refractivity contribution in [2.24, 2.45) is 5.84 Å². The van der Waals surface area contributed by atoms with Crippen molar-refractivity contribution in [3.8, 4) is 11.1 Å². The van der Waals surface area contributed by atoms with E-state index in [0.717, 1.165) is 48.1 Å². The largest absolute Gasteiger partial charge is 0.340 e. The van der Waals surface area contributed by atoms with Gasteiger partial charge in [-0.1, -0.05) is 103 Å². The van der Waals surface area contributed by atoms with Gasteiger partial charge in [-0.15, -0.1) is 0 Å². The molecule has 0 heterocycles. The highest BCUT2D eigenvalue weighted by molar-refractivity contribution is 5.97. The molecule has 3 atom stereocenters. The molecule has 0 aliphatic heterocycles. The highest BCUT2D eigenvalue weighted by atomic mass is 16.2. The number of unbranched alkanes of at least 4 members (excludes halogenated alkanes) is 1. The molecule has 0 radical (unpaired) electrons. The second-order valence-electron chi connectivity index (χ2n) is 11.2. The second kappa shape index (κ2) is 14.1. The van der Waals surface area contributed by atoms with Crippen molar-refractivity contribution in [3.63, 3.8) is 0 Å². The Morgan fingerprint density at radius 3 is 2.17 bits per heavy atom. The van der Waals surface area contributed by atoms with Crippen LogP contribution in [0, 0.1) is 6.92 Å². The van der Waals surface area contributed by atoms with Crippen LogP contribution in [0.15, 0.2) is 109 Å². The number of amides is 2. The van der Waals surface area contributed by atoms with Crippen LogP contribution in [0.5, 0.6) is 0 Å². The van der Waals surface area contributed by atoms with Crippen molar-refractivity contribution < 1.29 is 9.59 Å². The fraction of sp³-hybridized carbons (Fsp3) is 0.278. The molecule has 2 unspecified atom stereocenters. The minimum Gasteiger partial charge on any atom is -0.340 e. The third kappa shape index (κ3) is 7.93. The van der Waals surface area contributed by atoms with E-state index >= 15 is 0 Å². The van der Waals surface area contributed by atoms with Gasteiger partial charge in [0.25, 0.3) is 11.8 Å². The Hall–Kier alpha value is -4.26. The number of hydrogen-bond acceptors (Lipinski definition) is 4. The number of benzene rings is 4. The van der Waals surface area contributed by atoms with Crippen molar-refractivity contribution in [2.75, 3.05) is 6.54 Å². The zero-order chi connectivity index (χ0) is 29.3. The highest BCUT2D eigenvalue weighted by Gasteiger charge is 2.37. The SMILES string of the molecule is Cc1ccc(CN(N)C(=O)[C@H](CCCCNC2CC2c2ccccc2)NC(=O)c2ccc(-c3ccccc3)cc2)cc1. The summed E-state index contributed by atoms with van der Waals surface area (Å²) in [5, 5.41) is 7.85. The zero-order valence-electron chi connectivity index (χ0n) is 24.2. The molecule has 0 aromatic heterocycles. The van der Waals surface area contributed by atoms with Gasteiger partial charge in [-0.05, 0) is 73.5 Å². The predicted octanol–water partition coefficient (Wildman–Crippen LogP) is 5.98. The maximum Gasteiger partial charge on any atom is 0.259 e. The topological polar surface area (TPSA) is 87.5 Å². The van der Waals surface area contributed by atoms with Crippen molar-refractivity contribution in [3.05, 3.63) is 131 Å². The molecule has 4 N–H and O–H groups in total. The molecule has 6 heteroatoms. The first kappa shape index (κ1) is 29.2. The normalized spacial score (nSPS) is 16.4. The molecule has 42 heavy (non-hydrogen) atoms. The van der Waals surface area contributed by atoms with Crippen LogP contribution in [0.2, 0.25) is 0 Å². The number of nitrogens with zero attached hydrogens (tertiary/aromatic N) is 1. The van der Waals surface area contributed by atoms with Gasteiger partial charge in [0, 0.05) is 17.5 Å².